The van der Waals surface area contributed by atoms with Gasteiger partial charge in [-0.2, -0.15) is 10.2 Å². The van der Waals surface area contributed by atoms with E-state index in [0.29, 0.717) is 5.82 Å². The van der Waals surface area contributed by atoms with Gasteiger partial charge in [0.25, 0.3) is 0 Å². The van der Waals surface area contributed by atoms with Crippen molar-refractivity contribution in [1.82, 2.24) is 20.0 Å². The number of H-pyrrole nitrogens is 1. The van der Waals surface area contributed by atoms with Gasteiger partial charge >= 0.3 is 0 Å². The maximum atomic E-state index is 5.91. The highest BCUT2D eigenvalue weighted by Gasteiger charge is 2.16. The first kappa shape index (κ1) is 9.89. The van der Waals surface area contributed by atoms with Gasteiger partial charge in [0, 0.05) is 12.1 Å². The number of nitrogens with zero attached hydrogens (tertiary/aromatic N) is 3. The average Bonchev–Trinajstić information content (AvgIpc) is 2.92. The number of anilines is 1. The Hall–Kier alpha value is -2.30. The van der Waals surface area contributed by atoms with E-state index in [9.17, 15) is 0 Å². The molecule has 3 N–H and O–H groups in total. The van der Waals surface area contributed by atoms with Crippen molar-refractivity contribution in [2.24, 2.45) is 0 Å². The summed E-state index contributed by atoms with van der Waals surface area (Å²) in [5.41, 5.74) is 8.66. The zero-order chi connectivity index (χ0) is 11.8. The lowest BCUT2D eigenvalue weighted by molar-refractivity contribution is 0.676. The van der Waals surface area contributed by atoms with Crippen LogP contribution < -0.4 is 5.73 Å². The monoisotopic (exact) mass is 227 g/mol. The molecule has 2 heterocycles. The average molecular weight is 227 g/mol. The van der Waals surface area contributed by atoms with E-state index in [0.717, 1.165) is 28.8 Å². The third kappa shape index (κ3) is 1.39. The Morgan fingerprint density at radius 1 is 1.29 bits per heavy atom. The van der Waals surface area contributed by atoms with E-state index in [1.165, 1.54) is 0 Å². The van der Waals surface area contributed by atoms with Crippen LogP contribution in [0.25, 0.3) is 22.3 Å². The molecule has 5 nitrogen and oxygen atoms in total. The summed E-state index contributed by atoms with van der Waals surface area (Å²) in [5, 5.41) is 12.4. The van der Waals surface area contributed by atoms with Gasteiger partial charge in [0.15, 0.2) is 5.65 Å². The molecule has 0 aliphatic carbocycles. The molecule has 5 heteroatoms. The molecule has 0 fully saturated rings. The van der Waals surface area contributed by atoms with E-state index in [2.05, 4.69) is 15.3 Å². The Morgan fingerprint density at radius 2 is 2.06 bits per heavy atom. The molecule has 0 saturated heterocycles. The zero-order valence-electron chi connectivity index (χ0n) is 9.51. The second-order valence-corrected chi connectivity index (χ2v) is 3.87. The zero-order valence-corrected chi connectivity index (χ0v) is 9.51. The van der Waals surface area contributed by atoms with Crippen LogP contribution in [0.15, 0.2) is 30.3 Å². The van der Waals surface area contributed by atoms with E-state index < -0.39 is 0 Å². The van der Waals surface area contributed by atoms with Gasteiger partial charge in [-0.15, -0.1) is 0 Å². The second kappa shape index (κ2) is 3.62. The number of hydrogen-bond donors (Lipinski definition) is 2. The number of nitrogens with two attached hydrogens (primary N) is 1. The minimum absolute atomic E-state index is 0.568. The Kier molecular flexibility index (Phi) is 2.11. The number of aromatic nitrogens is 4. The van der Waals surface area contributed by atoms with Gasteiger partial charge < -0.3 is 5.73 Å². The first-order chi connectivity index (χ1) is 8.31. The predicted molar refractivity (Wildman–Crippen MR) is 67.4 cm³/mol. The van der Waals surface area contributed by atoms with Gasteiger partial charge in [-0.25, -0.2) is 4.68 Å². The molecule has 86 valence electrons. The number of aryl methyl sites for hydroxylation is 1. The highest BCUT2D eigenvalue weighted by atomic mass is 15.3. The Morgan fingerprint density at radius 3 is 2.76 bits per heavy atom. The van der Waals surface area contributed by atoms with Gasteiger partial charge in [-0.05, 0) is 6.92 Å². The molecule has 0 unspecified atom stereocenters. The summed E-state index contributed by atoms with van der Waals surface area (Å²) in [6, 6.07) is 10.0. The molecule has 17 heavy (non-hydrogen) atoms. The molecular formula is C12H13N5. The molecule has 0 bridgehead atoms. The molecule has 0 saturated carbocycles. The SMILES string of the molecule is CCn1nc(-c2ccccc2)c2c(N)[nH]nc21. The summed E-state index contributed by atoms with van der Waals surface area (Å²) < 4.78 is 1.85. The number of nitrogen functional groups attached to an aromatic ring is 1. The van der Waals surface area contributed by atoms with E-state index in [1.54, 1.807) is 0 Å². The van der Waals surface area contributed by atoms with Crippen molar-refractivity contribution < 1.29 is 0 Å². The van der Waals surface area contributed by atoms with Gasteiger partial charge in [-0.1, -0.05) is 30.3 Å². The number of hydrogen-bond acceptors (Lipinski definition) is 3. The number of fused-ring (bicyclic) bond motifs is 1. The fraction of sp³-hybridized carbons (Fsp3) is 0.167. The largest absolute Gasteiger partial charge is 0.383 e. The number of nitrogens with one attached hydrogen (secondary N) is 1. The van der Waals surface area contributed by atoms with Crippen LogP contribution in [0.5, 0.6) is 0 Å². The molecule has 3 rings (SSSR count). The van der Waals surface area contributed by atoms with E-state index in [1.807, 2.05) is 41.9 Å². The number of rotatable bonds is 2. The summed E-state index contributed by atoms with van der Waals surface area (Å²) in [7, 11) is 0. The highest BCUT2D eigenvalue weighted by molar-refractivity contribution is 5.98. The van der Waals surface area contributed by atoms with E-state index in [-0.39, 0.29) is 0 Å². The maximum Gasteiger partial charge on any atom is 0.182 e. The molecule has 0 aliphatic rings. The molecule has 0 spiro atoms. The van der Waals surface area contributed by atoms with Crippen molar-refractivity contribution in [3.05, 3.63) is 30.3 Å². The van der Waals surface area contributed by atoms with Crippen molar-refractivity contribution in [3.8, 4) is 11.3 Å². The second-order valence-electron chi connectivity index (χ2n) is 3.87. The topological polar surface area (TPSA) is 72.5 Å². The van der Waals surface area contributed by atoms with Crippen LogP contribution >= 0.6 is 0 Å². The van der Waals surface area contributed by atoms with Crippen molar-refractivity contribution in [2.45, 2.75) is 13.5 Å². The lowest BCUT2D eigenvalue weighted by atomic mass is 10.1. The summed E-state index contributed by atoms with van der Waals surface area (Å²) in [6.07, 6.45) is 0. The Balaban J connectivity index is 2.33. The molecular weight excluding hydrogens is 214 g/mol. The molecule has 1 aromatic carbocycles. The van der Waals surface area contributed by atoms with Crippen molar-refractivity contribution in [1.29, 1.82) is 0 Å². The van der Waals surface area contributed by atoms with Crippen LogP contribution in [-0.4, -0.2) is 20.0 Å². The molecule has 0 radical (unpaired) electrons. The lowest BCUT2D eigenvalue weighted by Gasteiger charge is -1.97. The normalized spacial score (nSPS) is 11.1. The van der Waals surface area contributed by atoms with E-state index >= 15 is 0 Å². The van der Waals surface area contributed by atoms with Crippen molar-refractivity contribution >= 4 is 16.9 Å². The lowest BCUT2D eigenvalue weighted by Crippen LogP contribution is -1.97. The van der Waals surface area contributed by atoms with Crippen LogP contribution in [0.1, 0.15) is 6.92 Å². The quantitative estimate of drug-likeness (QED) is 0.703. The van der Waals surface area contributed by atoms with Gasteiger partial charge in [0.2, 0.25) is 0 Å². The third-order valence-electron chi connectivity index (χ3n) is 2.82. The number of aromatic amines is 1. The van der Waals surface area contributed by atoms with Crippen molar-refractivity contribution in [3.63, 3.8) is 0 Å². The smallest absolute Gasteiger partial charge is 0.182 e. The van der Waals surface area contributed by atoms with Gasteiger partial charge in [0.05, 0.1) is 5.39 Å². The van der Waals surface area contributed by atoms with Crippen LogP contribution in [-0.2, 0) is 6.54 Å². The predicted octanol–water partition coefficient (Wildman–Crippen LogP) is 2.03. The summed E-state index contributed by atoms with van der Waals surface area (Å²) >= 11 is 0. The summed E-state index contributed by atoms with van der Waals surface area (Å²) in [6.45, 7) is 2.81. The molecule has 3 aromatic rings. The Labute approximate surface area is 98.2 Å². The minimum atomic E-state index is 0.568. The maximum absolute atomic E-state index is 5.91. The van der Waals surface area contributed by atoms with Crippen LogP contribution in [0, 0.1) is 0 Å². The van der Waals surface area contributed by atoms with Crippen molar-refractivity contribution in [2.75, 3.05) is 5.73 Å². The molecule has 2 aromatic heterocycles. The standard InChI is InChI=1S/C12H13N5/c1-2-17-12-9(11(13)14-15-12)10(16-17)8-6-4-3-5-7-8/h3-7H,2H2,1H3,(H3,13,14,15). The summed E-state index contributed by atoms with van der Waals surface area (Å²) in [4.78, 5) is 0. The third-order valence-corrected chi connectivity index (χ3v) is 2.82. The van der Waals surface area contributed by atoms with Crippen LogP contribution in [0.3, 0.4) is 0 Å². The van der Waals surface area contributed by atoms with Crippen LogP contribution in [0.4, 0.5) is 5.82 Å². The van der Waals surface area contributed by atoms with Gasteiger partial charge in [0.1, 0.15) is 11.5 Å². The fourth-order valence-electron chi connectivity index (χ4n) is 2.00. The first-order valence-corrected chi connectivity index (χ1v) is 5.57. The van der Waals surface area contributed by atoms with Gasteiger partial charge in [-0.3, -0.25) is 5.10 Å². The number of benzene rings is 1. The van der Waals surface area contributed by atoms with E-state index in [4.69, 9.17) is 5.73 Å². The van der Waals surface area contributed by atoms with Crippen LogP contribution in [0.2, 0.25) is 0 Å². The Bertz CT molecular complexity index is 650. The fourth-order valence-corrected chi connectivity index (χ4v) is 2.00. The minimum Gasteiger partial charge on any atom is -0.383 e. The highest BCUT2D eigenvalue weighted by Crippen LogP contribution is 2.30. The molecule has 0 atom stereocenters. The molecule has 0 aliphatic heterocycles. The summed E-state index contributed by atoms with van der Waals surface area (Å²) in [5.74, 6) is 0.568. The molecule has 0 amide bonds. The first-order valence-electron chi connectivity index (χ1n) is 5.57.